The summed E-state index contributed by atoms with van der Waals surface area (Å²) in [4.78, 5) is 98.3. The minimum atomic E-state index is -0.550. The van der Waals surface area contributed by atoms with Gasteiger partial charge in [-0.3, -0.25) is 28.8 Å². The Morgan fingerprint density at radius 2 is 0.729 bits per heavy atom. The SMILES string of the molecule is CCC(C)(C)C(=O)OCC(=O)OC1(C)C2CC3CC(C2)CC1C3.CCC(C)(C)C(=O)OCC(=O)OC1(CC)C2CC3CC(C2)CC1C3.CCC(C)(C)C(=O)OCCC(=O)OC1(C)C2CC3CC(C2)CC1C3.CCC1(OC(=O)C2CC3CC(OC(=O)C(C)(C)CC)C2C3)CCCC1. The van der Waals surface area contributed by atoms with E-state index in [-0.39, 0.29) is 114 Å². The van der Waals surface area contributed by atoms with Crippen molar-refractivity contribution in [1.29, 1.82) is 0 Å². The van der Waals surface area contributed by atoms with Gasteiger partial charge in [0.2, 0.25) is 0 Å². The van der Waals surface area contributed by atoms with Crippen molar-refractivity contribution in [3.05, 3.63) is 0 Å². The van der Waals surface area contributed by atoms with Gasteiger partial charge in [-0.15, -0.1) is 0 Å². The molecule has 15 aliphatic carbocycles. The second-order valence-electron chi connectivity index (χ2n) is 36.0. The molecular formula is C80H128O16. The summed E-state index contributed by atoms with van der Waals surface area (Å²) in [5.74, 6) is 6.69. The first-order chi connectivity index (χ1) is 45.1. The van der Waals surface area contributed by atoms with Crippen LogP contribution in [0.3, 0.4) is 0 Å². The largest absolute Gasteiger partial charge is 0.465 e. The molecule has 4 atom stereocenters. The van der Waals surface area contributed by atoms with Crippen LogP contribution in [0.15, 0.2) is 0 Å². The molecule has 0 amide bonds. The van der Waals surface area contributed by atoms with E-state index in [2.05, 4.69) is 27.7 Å². The lowest BCUT2D eigenvalue weighted by molar-refractivity contribution is -0.214. The Kier molecular flexibility index (Phi) is 23.8. The van der Waals surface area contributed by atoms with E-state index >= 15 is 0 Å². The summed E-state index contributed by atoms with van der Waals surface area (Å²) >= 11 is 0. The molecule has 0 heterocycles. The van der Waals surface area contributed by atoms with Gasteiger partial charge in [0.05, 0.1) is 34.0 Å². The van der Waals surface area contributed by atoms with Crippen molar-refractivity contribution in [3.8, 4) is 0 Å². The Morgan fingerprint density at radius 1 is 0.375 bits per heavy atom. The fraction of sp³-hybridized carbons (Fsp3) is 0.900. The zero-order valence-electron chi connectivity index (χ0n) is 62.4. The molecule has 0 aromatic heterocycles. The number of fused-ring (bicyclic) bond motifs is 2. The quantitative estimate of drug-likeness (QED) is 0.0688. The van der Waals surface area contributed by atoms with E-state index in [1.807, 2.05) is 83.1 Å². The standard InChI is InChI=1S/C21H34O4.2C20H32O4.C19H30O4/c1-5-20(3,4)19(23)24-17-13-14-11-15(17)16(12-14)18(22)25-21(6-2)9-7-8-10-21;1-5-19(2,3)18(22)23-7-6-17(21)24-20(4)15-9-13-8-14(11-15)12-16(20)10-13;1-5-19(3,4)18(22)23-12-17(21)24-20(6-2)15-8-13-7-14(10-15)11-16(20)9-13;1-5-18(2,3)17(21)22-11-16(20)23-19(4)14-7-12-6-13(9-14)10-15(19)8-12/h14-17H,5-13H2,1-4H3;2*13-16H,5-12H2,1-4H3;12-15H,5-11H2,1-4H3. The maximum absolute atomic E-state index is 12.9. The number of hydrogen-bond acceptors (Lipinski definition) is 16. The summed E-state index contributed by atoms with van der Waals surface area (Å²) < 4.78 is 45.5. The predicted molar refractivity (Wildman–Crippen MR) is 365 cm³/mol. The topological polar surface area (TPSA) is 210 Å². The first kappa shape index (κ1) is 76.0. The lowest BCUT2D eigenvalue weighted by Crippen LogP contribution is -2.59. The van der Waals surface area contributed by atoms with Crippen LogP contribution >= 0.6 is 0 Å². The molecule has 96 heavy (non-hydrogen) atoms. The number of carbonyl (C=O) groups excluding carboxylic acids is 8. The van der Waals surface area contributed by atoms with Crippen molar-refractivity contribution in [2.45, 2.75) is 325 Å². The van der Waals surface area contributed by atoms with Gasteiger partial charge in [0, 0.05) is 5.92 Å². The van der Waals surface area contributed by atoms with Crippen molar-refractivity contribution < 1.29 is 76.3 Å². The van der Waals surface area contributed by atoms with Crippen molar-refractivity contribution in [2.24, 2.45) is 110 Å². The fourth-order valence-corrected chi connectivity index (χ4v) is 20.6. The average Bonchev–Trinajstić information content (AvgIpc) is 1.01. The minimum Gasteiger partial charge on any atom is -0.465 e. The number of ether oxygens (including phenoxy) is 8. The summed E-state index contributed by atoms with van der Waals surface area (Å²) in [6, 6.07) is 0. The Morgan fingerprint density at radius 3 is 1.10 bits per heavy atom. The highest BCUT2D eigenvalue weighted by atomic mass is 16.6. The van der Waals surface area contributed by atoms with Gasteiger partial charge in [0.15, 0.2) is 13.2 Å². The Bertz CT molecular complexity index is 2680. The van der Waals surface area contributed by atoms with Crippen molar-refractivity contribution >= 4 is 47.8 Å². The molecule has 0 spiro atoms. The van der Waals surface area contributed by atoms with Gasteiger partial charge in [-0.25, -0.2) is 9.59 Å². The maximum atomic E-state index is 12.9. The number of esters is 8. The highest BCUT2D eigenvalue weighted by molar-refractivity contribution is 5.81. The fourth-order valence-electron chi connectivity index (χ4n) is 20.6. The van der Waals surface area contributed by atoms with Crippen LogP contribution < -0.4 is 0 Å². The molecule has 544 valence electrons. The second-order valence-corrected chi connectivity index (χ2v) is 36.0. The van der Waals surface area contributed by atoms with Crippen LogP contribution in [0.4, 0.5) is 0 Å². The van der Waals surface area contributed by atoms with Crippen LogP contribution in [0, 0.1) is 110 Å². The average molecular weight is 1350 g/mol. The van der Waals surface area contributed by atoms with Crippen LogP contribution in [-0.2, 0) is 76.3 Å². The van der Waals surface area contributed by atoms with Crippen molar-refractivity contribution in [1.82, 2.24) is 0 Å². The minimum absolute atomic E-state index is 0.0354. The van der Waals surface area contributed by atoms with E-state index in [1.54, 1.807) is 0 Å². The molecule has 0 aromatic carbocycles. The van der Waals surface area contributed by atoms with Crippen LogP contribution in [0.25, 0.3) is 0 Å². The van der Waals surface area contributed by atoms with E-state index in [4.69, 9.17) is 37.9 Å². The normalized spacial score (nSPS) is 36.6. The first-order valence-electron chi connectivity index (χ1n) is 38.7. The lowest BCUT2D eigenvalue weighted by atomic mass is 9.49. The Labute approximate surface area is 577 Å². The molecule has 0 radical (unpaired) electrons. The third-order valence-electron chi connectivity index (χ3n) is 28.3. The highest BCUT2D eigenvalue weighted by Gasteiger charge is 2.61. The van der Waals surface area contributed by atoms with Gasteiger partial charge in [-0.05, 0) is 326 Å². The Hall–Kier alpha value is -4.24. The molecule has 15 fully saturated rings. The van der Waals surface area contributed by atoms with E-state index < -0.39 is 21.7 Å². The van der Waals surface area contributed by atoms with Gasteiger partial charge in [-0.1, -0.05) is 41.5 Å². The summed E-state index contributed by atoms with van der Waals surface area (Å²) in [5, 5.41) is 0. The monoisotopic (exact) mass is 1340 g/mol. The summed E-state index contributed by atoms with van der Waals surface area (Å²) in [6.45, 7) is 30.9. The van der Waals surface area contributed by atoms with Gasteiger partial charge in [0.1, 0.15) is 35.1 Å². The highest BCUT2D eigenvalue weighted by Crippen LogP contribution is 2.63. The third kappa shape index (κ3) is 16.5. The molecule has 16 nitrogen and oxygen atoms in total. The molecule has 16 heteroatoms. The van der Waals surface area contributed by atoms with Gasteiger partial charge < -0.3 is 37.9 Å². The predicted octanol–water partition coefficient (Wildman–Crippen LogP) is 16.6. The second kappa shape index (κ2) is 30.1. The molecule has 0 aliphatic heterocycles. The van der Waals surface area contributed by atoms with Gasteiger partial charge in [0.25, 0.3) is 0 Å². The molecule has 15 aliphatic rings. The molecule has 0 N–H and O–H groups in total. The van der Waals surface area contributed by atoms with E-state index in [1.165, 1.54) is 96.3 Å². The lowest BCUT2D eigenvalue weighted by Gasteiger charge is -2.60. The van der Waals surface area contributed by atoms with Crippen LogP contribution in [0.1, 0.15) is 297 Å². The van der Waals surface area contributed by atoms with Gasteiger partial charge >= 0.3 is 47.8 Å². The van der Waals surface area contributed by atoms with Crippen LogP contribution in [-0.4, -0.2) is 96.1 Å². The number of rotatable bonds is 23. The van der Waals surface area contributed by atoms with E-state index in [0.717, 1.165) is 106 Å². The zero-order chi connectivity index (χ0) is 70.1. The van der Waals surface area contributed by atoms with E-state index in [0.29, 0.717) is 54.3 Å². The van der Waals surface area contributed by atoms with Crippen LogP contribution in [0.2, 0.25) is 0 Å². The first-order valence-corrected chi connectivity index (χ1v) is 38.7. The molecule has 15 saturated carbocycles. The smallest absolute Gasteiger partial charge is 0.344 e. The summed E-state index contributed by atoms with van der Waals surface area (Å²) in [6.07, 6.45) is 30.5. The number of hydrogen-bond donors (Lipinski definition) is 0. The summed E-state index contributed by atoms with van der Waals surface area (Å²) in [7, 11) is 0. The third-order valence-corrected chi connectivity index (χ3v) is 28.3. The molecule has 15 rings (SSSR count). The molecule has 0 aromatic rings. The van der Waals surface area contributed by atoms with Crippen molar-refractivity contribution in [3.63, 3.8) is 0 Å². The number of carbonyl (C=O) groups is 8. The maximum Gasteiger partial charge on any atom is 0.344 e. The van der Waals surface area contributed by atoms with E-state index in [9.17, 15) is 38.4 Å². The summed E-state index contributed by atoms with van der Waals surface area (Å²) in [5.41, 5.74) is -3.22. The molecular weight excluding hydrogens is 1220 g/mol. The Balaban J connectivity index is 0.000000150. The molecule has 4 unspecified atom stereocenters. The van der Waals surface area contributed by atoms with Gasteiger partial charge in [-0.2, -0.15) is 0 Å². The zero-order valence-corrected chi connectivity index (χ0v) is 62.4. The van der Waals surface area contributed by atoms with Crippen LogP contribution in [0.5, 0.6) is 0 Å². The van der Waals surface area contributed by atoms with Crippen molar-refractivity contribution in [2.75, 3.05) is 19.8 Å². The molecule has 14 bridgehead atoms. The molecule has 0 saturated heterocycles.